The van der Waals surface area contributed by atoms with E-state index in [1.54, 1.807) is 0 Å². The van der Waals surface area contributed by atoms with E-state index in [9.17, 15) is 0 Å². The monoisotopic (exact) mass is 329 g/mol. The van der Waals surface area contributed by atoms with Crippen molar-refractivity contribution in [3.05, 3.63) is 102 Å². The van der Waals surface area contributed by atoms with Gasteiger partial charge in [-0.1, -0.05) is 60.7 Å². The van der Waals surface area contributed by atoms with Crippen molar-refractivity contribution in [2.45, 2.75) is 24.9 Å². The van der Waals surface area contributed by atoms with Gasteiger partial charge in [-0.25, -0.2) is 0 Å². The van der Waals surface area contributed by atoms with Gasteiger partial charge in [0.2, 0.25) is 6.04 Å². The summed E-state index contributed by atoms with van der Waals surface area (Å²) in [6, 6.07) is 26.8. The maximum absolute atomic E-state index is 2.47. The number of likely N-dealkylation sites (tertiary alicyclic amines) is 1. The molecule has 0 N–H and O–H groups in total. The number of pyridine rings is 1. The second-order valence-corrected chi connectivity index (χ2v) is 6.95. The Morgan fingerprint density at radius 2 is 1.52 bits per heavy atom. The molecule has 2 aromatic carbocycles. The minimum Gasteiger partial charge on any atom is -0.299 e. The van der Waals surface area contributed by atoms with Crippen LogP contribution < -0.4 is 4.57 Å². The van der Waals surface area contributed by atoms with Crippen LogP contribution in [-0.4, -0.2) is 18.5 Å². The summed E-state index contributed by atoms with van der Waals surface area (Å²) < 4.78 is 2.37. The van der Waals surface area contributed by atoms with Crippen LogP contribution in [0.15, 0.2) is 85.2 Å². The van der Waals surface area contributed by atoms with Crippen molar-refractivity contribution in [2.75, 3.05) is 13.6 Å². The lowest BCUT2D eigenvalue weighted by molar-refractivity contribution is -0.705. The molecule has 0 amide bonds. The van der Waals surface area contributed by atoms with Gasteiger partial charge in [-0.3, -0.25) is 4.90 Å². The van der Waals surface area contributed by atoms with Crippen LogP contribution in [0.4, 0.5) is 0 Å². The first-order valence-electron chi connectivity index (χ1n) is 9.14. The van der Waals surface area contributed by atoms with E-state index in [2.05, 4.69) is 102 Å². The van der Waals surface area contributed by atoms with Crippen LogP contribution in [0.5, 0.6) is 0 Å². The molecular weight excluding hydrogens is 304 g/mol. The smallest absolute Gasteiger partial charge is 0.208 e. The van der Waals surface area contributed by atoms with Crippen molar-refractivity contribution in [2.24, 2.45) is 0 Å². The zero-order chi connectivity index (χ0) is 17.1. The molecule has 1 aromatic heterocycles. The van der Waals surface area contributed by atoms with Gasteiger partial charge in [0.05, 0.1) is 0 Å². The van der Waals surface area contributed by atoms with Crippen LogP contribution in [0.1, 0.15) is 41.6 Å². The third-order valence-corrected chi connectivity index (χ3v) is 5.28. The molecule has 0 saturated carbocycles. The average Bonchev–Trinajstić information content (AvgIpc) is 3.10. The van der Waals surface area contributed by atoms with Gasteiger partial charge in [-0.05, 0) is 32.5 Å². The lowest BCUT2D eigenvalue weighted by Gasteiger charge is -2.20. The molecule has 4 rings (SSSR count). The molecule has 0 radical (unpaired) electrons. The molecule has 1 saturated heterocycles. The Hall–Kier alpha value is -2.45. The molecule has 25 heavy (non-hydrogen) atoms. The molecule has 1 fully saturated rings. The first kappa shape index (κ1) is 16.0. The van der Waals surface area contributed by atoms with Gasteiger partial charge >= 0.3 is 0 Å². The zero-order valence-corrected chi connectivity index (χ0v) is 14.8. The Morgan fingerprint density at radius 1 is 0.880 bits per heavy atom. The standard InChI is InChI=1S/C23H25N2/c1-24-16-9-15-22(24)21-14-8-17-25(18-21)23(19-10-4-2-5-11-19)20-12-6-3-7-13-20/h2-8,10-14,17-18,22-23H,9,15-16H2,1H3/q+1/t22-/m0/s1. The number of hydrogen-bond acceptors (Lipinski definition) is 1. The minimum absolute atomic E-state index is 0.203. The Morgan fingerprint density at radius 3 is 2.08 bits per heavy atom. The molecule has 0 aliphatic carbocycles. The summed E-state index contributed by atoms with van der Waals surface area (Å²) in [4.78, 5) is 2.47. The molecule has 1 aliphatic rings. The van der Waals surface area contributed by atoms with E-state index < -0.39 is 0 Å². The number of nitrogens with zero attached hydrogens (tertiary/aromatic N) is 2. The number of hydrogen-bond donors (Lipinski definition) is 0. The highest BCUT2D eigenvalue weighted by atomic mass is 15.1. The van der Waals surface area contributed by atoms with Crippen LogP contribution >= 0.6 is 0 Å². The summed E-state index contributed by atoms with van der Waals surface area (Å²) in [7, 11) is 2.24. The van der Waals surface area contributed by atoms with Gasteiger partial charge in [-0.2, -0.15) is 4.57 Å². The summed E-state index contributed by atoms with van der Waals surface area (Å²) in [6.45, 7) is 1.19. The Kier molecular flexibility index (Phi) is 4.62. The number of aromatic nitrogens is 1. The van der Waals surface area contributed by atoms with E-state index in [0.717, 1.165) is 0 Å². The summed E-state index contributed by atoms with van der Waals surface area (Å²) in [6.07, 6.45) is 7.08. The predicted molar refractivity (Wildman–Crippen MR) is 101 cm³/mol. The van der Waals surface area contributed by atoms with Crippen LogP contribution in [0.3, 0.4) is 0 Å². The molecule has 2 nitrogen and oxygen atoms in total. The zero-order valence-electron chi connectivity index (χ0n) is 14.8. The van der Waals surface area contributed by atoms with E-state index in [1.807, 2.05) is 0 Å². The van der Waals surface area contributed by atoms with Gasteiger partial charge in [0.15, 0.2) is 12.4 Å². The minimum atomic E-state index is 0.203. The Bertz CT molecular complexity index is 774. The highest BCUT2D eigenvalue weighted by molar-refractivity contribution is 5.29. The normalized spacial score (nSPS) is 17.9. The van der Waals surface area contributed by atoms with Crippen LogP contribution in [0.25, 0.3) is 0 Å². The van der Waals surface area contributed by atoms with Crippen molar-refractivity contribution < 1.29 is 4.57 Å². The quantitative estimate of drug-likeness (QED) is 0.644. The van der Waals surface area contributed by atoms with Crippen molar-refractivity contribution in [1.29, 1.82) is 0 Å². The van der Waals surface area contributed by atoms with E-state index in [-0.39, 0.29) is 6.04 Å². The van der Waals surface area contributed by atoms with Gasteiger partial charge in [-0.15, -0.1) is 0 Å². The molecule has 3 aromatic rings. The summed E-state index contributed by atoms with van der Waals surface area (Å²) >= 11 is 0. The van der Waals surface area contributed by atoms with E-state index >= 15 is 0 Å². The van der Waals surface area contributed by atoms with Crippen LogP contribution in [0.2, 0.25) is 0 Å². The molecule has 1 aliphatic heterocycles. The van der Waals surface area contributed by atoms with Crippen molar-refractivity contribution in [1.82, 2.24) is 4.90 Å². The van der Waals surface area contributed by atoms with Gasteiger partial charge in [0, 0.05) is 28.8 Å². The van der Waals surface area contributed by atoms with E-state index in [4.69, 9.17) is 0 Å². The molecule has 0 unspecified atom stereocenters. The van der Waals surface area contributed by atoms with Crippen LogP contribution in [-0.2, 0) is 0 Å². The fourth-order valence-corrected chi connectivity index (χ4v) is 4.01. The van der Waals surface area contributed by atoms with Gasteiger partial charge in [0.25, 0.3) is 0 Å². The summed E-state index contributed by atoms with van der Waals surface area (Å²) in [5.74, 6) is 0. The van der Waals surface area contributed by atoms with Gasteiger partial charge in [0.1, 0.15) is 0 Å². The van der Waals surface area contributed by atoms with Crippen molar-refractivity contribution >= 4 is 0 Å². The highest BCUT2D eigenvalue weighted by Gasteiger charge is 2.27. The predicted octanol–water partition coefficient (Wildman–Crippen LogP) is 4.38. The SMILES string of the molecule is CN1CCC[C@H]1c1ccc[n+](C(c2ccccc2)c2ccccc2)c1. The third kappa shape index (κ3) is 3.35. The van der Waals surface area contributed by atoms with E-state index in [0.29, 0.717) is 6.04 Å². The molecular formula is C23H25N2+. The first-order chi connectivity index (χ1) is 12.3. The summed E-state index contributed by atoms with van der Waals surface area (Å²) in [5, 5.41) is 0. The fourth-order valence-electron chi connectivity index (χ4n) is 4.01. The van der Waals surface area contributed by atoms with E-state index in [1.165, 1.54) is 36.1 Å². The van der Waals surface area contributed by atoms with Crippen molar-refractivity contribution in [3.63, 3.8) is 0 Å². The molecule has 0 spiro atoms. The first-order valence-corrected chi connectivity index (χ1v) is 9.14. The fraction of sp³-hybridized carbons (Fsp3) is 0.261. The maximum Gasteiger partial charge on any atom is 0.208 e. The molecule has 2 heterocycles. The van der Waals surface area contributed by atoms with Crippen molar-refractivity contribution in [3.8, 4) is 0 Å². The largest absolute Gasteiger partial charge is 0.299 e. The van der Waals surface area contributed by atoms with Crippen LogP contribution in [0, 0.1) is 0 Å². The lowest BCUT2D eigenvalue weighted by Crippen LogP contribution is -2.41. The average molecular weight is 329 g/mol. The second kappa shape index (κ2) is 7.20. The molecule has 2 heteroatoms. The number of rotatable bonds is 4. The van der Waals surface area contributed by atoms with Gasteiger partial charge < -0.3 is 0 Å². The highest BCUT2D eigenvalue weighted by Crippen LogP contribution is 2.30. The third-order valence-electron chi connectivity index (χ3n) is 5.28. The topological polar surface area (TPSA) is 7.12 Å². The molecule has 126 valence electrons. The molecule has 0 bridgehead atoms. The lowest BCUT2D eigenvalue weighted by atomic mass is 9.97. The Balaban J connectivity index is 1.78. The second-order valence-electron chi connectivity index (χ2n) is 6.95. The maximum atomic E-state index is 2.47. The Labute approximate surface area is 150 Å². The summed E-state index contributed by atoms with van der Waals surface area (Å²) in [5.41, 5.74) is 4.05. The molecule has 1 atom stereocenters. The number of benzene rings is 2.